The molecule has 0 spiro atoms. The summed E-state index contributed by atoms with van der Waals surface area (Å²) in [6.45, 7) is 3.74. The average Bonchev–Trinajstić information content (AvgIpc) is 2.32. The number of aliphatic carboxylic acids is 1. The summed E-state index contributed by atoms with van der Waals surface area (Å²) in [6.07, 6.45) is 1.05. The largest absolute Gasteiger partial charge is 0.481 e. The Morgan fingerprint density at radius 2 is 2.00 bits per heavy atom. The van der Waals surface area contributed by atoms with Gasteiger partial charge in [0.25, 0.3) is 0 Å². The quantitative estimate of drug-likeness (QED) is 0.886. The summed E-state index contributed by atoms with van der Waals surface area (Å²) in [5.41, 5.74) is 0.288. The van der Waals surface area contributed by atoms with Crippen LogP contribution in [0.1, 0.15) is 32.3 Å². The molecule has 1 aromatic rings. The molecular formula is C15H18BrNO3. The number of carboxylic acids is 1. The molecule has 1 aromatic carbocycles. The number of carbonyl (C=O) groups is 2. The van der Waals surface area contributed by atoms with Gasteiger partial charge in [0.1, 0.15) is 0 Å². The molecule has 0 atom stereocenters. The molecule has 2 rings (SSSR count). The Kier molecular flexibility index (Phi) is 4.18. The Morgan fingerprint density at radius 3 is 2.55 bits per heavy atom. The molecule has 108 valence electrons. The molecule has 1 fully saturated rings. The highest BCUT2D eigenvalue weighted by Crippen LogP contribution is 2.30. The van der Waals surface area contributed by atoms with Crippen molar-refractivity contribution < 1.29 is 14.7 Å². The average molecular weight is 340 g/mol. The summed E-state index contributed by atoms with van der Waals surface area (Å²) in [5.74, 6) is -1.15. The van der Waals surface area contributed by atoms with Crippen LogP contribution in [0.2, 0.25) is 0 Å². The molecule has 0 aromatic heterocycles. The van der Waals surface area contributed by atoms with Crippen LogP contribution in [0.15, 0.2) is 28.7 Å². The zero-order valence-corrected chi connectivity index (χ0v) is 13.1. The second-order valence-corrected chi connectivity index (χ2v) is 6.73. The van der Waals surface area contributed by atoms with Gasteiger partial charge in [0.05, 0.1) is 11.3 Å². The standard InChI is InChI=1S/C15H18BrNO3/c1-15(2,10-4-3-5-11(16)8-10)14(20)17-12-6-9(7-12)13(18)19/h3-5,8-9,12H,6-7H2,1-2H3,(H,17,20)(H,18,19). The predicted octanol–water partition coefficient (Wildman–Crippen LogP) is 2.71. The van der Waals surface area contributed by atoms with E-state index in [1.165, 1.54) is 0 Å². The van der Waals surface area contributed by atoms with E-state index in [9.17, 15) is 9.59 Å². The SMILES string of the molecule is CC(C)(C(=O)NC1CC(C(=O)O)C1)c1cccc(Br)c1. The zero-order chi connectivity index (χ0) is 14.9. The van der Waals surface area contributed by atoms with Crippen molar-refractivity contribution in [1.29, 1.82) is 0 Å². The fourth-order valence-electron chi connectivity index (χ4n) is 2.31. The van der Waals surface area contributed by atoms with Crippen molar-refractivity contribution in [2.24, 2.45) is 5.92 Å². The number of benzene rings is 1. The van der Waals surface area contributed by atoms with Crippen LogP contribution in [-0.2, 0) is 15.0 Å². The van der Waals surface area contributed by atoms with Crippen LogP contribution in [0.3, 0.4) is 0 Å². The van der Waals surface area contributed by atoms with Crippen molar-refractivity contribution >= 4 is 27.8 Å². The molecule has 0 saturated heterocycles. The number of carboxylic acid groups (broad SMARTS) is 1. The Balaban J connectivity index is 2.00. The lowest BCUT2D eigenvalue weighted by Gasteiger charge is -2.35. The van der Waals surface area contributed by atoms with Gasteiger partial charge in [0, 0.05) is 10.5 Å². The minimum absolute atomic E-state index is 0.0185. The topological polar surface area (TPSA) is 66.4 Å². The molecule has 0 radical (unpaired) electrons. The molecule has 0 aliphatic heterocycles. The van der Waals surface area contributed by atoms with Crippen molar-refractivity contribution in [3.05, 3.63) is 34.3 Å². The fraction of sp³-hybridized carbons (Fsp3) is 0.467. The fourth-order valence-corrected chi connectivity index (χ4v) is 2.71. The summed E-state index contributed by atoms with van der Waals surface area (Å²) in [5, 5.41) is 11.8. The van der Waals surface area contributed by atoms with Gasteiger partial charge in [-0.3, -0.25) is 9.59 Å². The van der Waals surface area contributed by atoms with Crippen LogP contribution < -0.4 is 5.32 Å². The van der Waals surface area contributed by atoms with Crippen molar-refractivity contribution in [1.82, 2.24) is 5.32 Å². The van der Waals surface area contributed by atoms with Crippen molar-refractivity contribution in [2.45, 2.75) is 38.1 Å². The number of rotatable bonds is 4. The molecule has 1 amide bonds. The molecule has 1 aliphatic rings. The molecule has 1 saturated carbocycles. The van der Waals surface area contributed by atoms with Gasteiger partial charge in [0.2, 0.25) is 5.91 Å². The maximum absolute atomic E-state index is 12.4. The van der Waals surface area contributed by atoms with E-state index in [0.717, 1.165) is 10.0 Å². The number of halogens is 1. The lowest BCUT2D eigenvalue weighted by Crippen LogP contribution is -2.51. The monoisotopic (exact) mass is 339 g/mol. The maximum atomic E-state index is 12.4. The molecule has 0 bridgehead atoms. The Bertz CT molecular complexity index is 536. The third-order valence-electron chi connectivity index (χ3n) is 3.94. The minimum atomic E-state index is -0.776. The van der Waals surface area contributed by atoms with Crippen molar-refractivity contribution in [3.63, 3.8) is 0 Å². The molecule has 0 heterocycles. The first kappa shape index (κ1) is 15.0. The summed E-state index contributed by atoms with van der Waals surface area (Å²) in [7, 11) is 0. The molecule has 0 unspecified atom stereocenters. The van der Waals surface area contributed by atoms with Crippen molar-refractivity contribution in [2.75, 3.05) is 0 Å². The summed E-state index contributed by atoms with van der Waals surface area (Å²) in [4.78, 5) is 23.1. The molecular weight excluding hydrogens is 322 g/mol. The molecule has 2 N–H and O–H groups in total. The Labute approximate surface area is 126 Å². The number of hydrogen-bond donors (Lipinski definition) is 2. The summed E-state index contributed by atoms with van der Waals surface area (Å²) < 4.78 is 0.936. The van der Waals surface area contributed by atoms with Gasteiger partial charge >= 0.3 is 5.97 Å². The Morgan fingerprint density at radius 1 is 1.35 bits per heavy atom. The highest BCUT2D eigenvalue weighted by molar-refractivity contribution is 9.10. The smallest absolute Gasteiger partial charge is 0.306 e. The van der Waals surface area contributed by atoms with Gasteiger partial charge in [-0.05, 0) is 44.4 Å². The van der Waals surface area contributed by atoms with E-state index < -0.39 is 11.4 Å². The normalized spacial score (nSPS) is 21.9. The molecule has 4 nitrogen and oxygen atoms in total. The van der Waals surface area contributed by atoms with Gasteiger partial charge in [-0.25, -0.2) is 0 Å². The summed E-state index contributed by atoms with van der Waals surface area (Å²) in [6, 6.07) is 7.65. The number of carbonyl (C=O) groups excluding carboxylic acids is 1. The van der Waals surface area contributed by atoms with E-state index >= 15 is 0 Å². The van der Waals surface area contributed by atoms with E-state index in [4.69, 9.17) is 5.11 Å². The third-order valence-corrected chi connectivity index (χ3v) is 4.43. The summed E-state index contributed by atoms with van der Waals surface area (Å²) >= 11 is 3.41. The van der Waals surface area contributed by atoms with Crippen LogP contribution in [0, 0.1) is 5.92 Å². The molecule has 1 aliphatic carbocycles. The number of hydrogen-bond acceptors (Lipinski definition) is 2. The second-order valence-electron chi connectivity index (χ2n) is 5.81. The first-order chi connectivity index (χ1) is 9.30. The van der Waals surface area contributed by atoms with Crippen LogP contribution in [0.5, 0.6) is 0 Å². The lowest BCUT2D eigenvalue weighted by atomic mass is 9.78. The lowest BCUT2D eigenvalue weighted by molar-refractivity contribution is -0.146. The Hall–Kier alpha value is -1.36. The van der Waals surface area contributed by atoms with Crippen LogP contribution in [0.4, 0.5) is 0 Å². The van der Waals surface area contributed by atoms with E-state index in [1.54, 1.807) is 0 Å². The highest BCUT2D eigenvalue weighted by Gasteiger charge is 2.38. The highest BCUT2D eigenvalue weighted by atomic mass is 79.9. The van der Waals surface area contributed by atoms with Crippen LogP contribution in [-0.4, -0.2) is 23.0 Å². The first-order valence-electron chi connectivity index (χ1n) is 6.60. The third kappa shape index (κ3) is 3.03. The zero-order valence-electron chi connectivity index (χ0n) is 11.5. The van der Waals surface area contributed by atoms with E-state index in [0.29, 0.717) is 12.8 Å². The van der Waals surface area contributed by atoms with Gasteiger partial charge in [-0.1, -0.05) is 28.1 Å². The first-order valence-corrected chi connectivity index (χ1v) is 7.40. The molecule has 5 heteroatoms. The molecule has 20 heavy (non-hydrogen) atoms. The van der Waals surface area contributed by atoms with E-state index in [1.807, 2.05) is 38.1 Å². The van der Waals surface area contributed by atoms with E-state index in [-0.39, 0.29) is 17.9 Å². The van der Waals surface area contributed by atoms with Gasteiger partial charge in [-0.15, -0.1) is 0 Å². The second kappa shape index (κ2) is 5.56. The predicted molar refractivity (Wildman–Crippen MR) is 79.5 cm³/mol. The number of nitrogens with one attached hydrogen (secondary N) is 1. The van der Waals surface area contributed by atoms with Gasteiger partial charge in [-0.2, -0.15) is 0 Å². The van der Waals surface area contributed by atoms with Crippen LogP contribution in [0.25, 0.3) is 0 Å². The van der Waals surface area contributed by atoms with Crippen LogP contribution >= 0.6 is 15.9 Å². The number of amides is 1. The van der Waals surface area contributed by atoms with E-state index in [2.05, 4.69) is 21.2 Å². The minimum Gasteiger partial charge on any atom is -0.481 e. The maximum Gasteiger partial charge on any atom is 0.306 e. The van der Waals surface area contributed by atoms with Gasteiger partial charge < -0.3 is 10.4 Å². The van der Waals surface area contributed by atoms with Crippen molar-refractivity contribution in [3.8, 4) is 0 Å². The van der Waals surface area contributed by atoms with Gasteiger partial charge in [0.15, 0.2) is 0 Å².